The molecule has 0 aliphatic carbocycles. The molecule has 0 unspecified atom stereocenters. The summed E-state index contributed by atoms with van der Waals surface area (Å²) in [5, 5.41) is 11.7. The number of hydrogen-bond acceptors (Lipinski definition) is 3. The minimum atomic E-state index is -0.835. The Labute approximate surface area is 164 Å². The molecule has 0 spiro atoms. The van der Waals surface area contributed by atoms with Crippen molar-refractivity contribution in [2.24, 2.45) is 0 Å². The molecule has 3 aromatic rings. The van der Waals surface area contributed by atoms with Crippen LogP contribution >= 0.6 is 0 Å². The topological polar surface area (TPSA) is 79.3 Å². The molecule has 0 bridgehead atoms. The highest BCUT2D eigenvalue weighted by Crippen LogP contribution is 2.25. The first kappa shape index (κ1) is 19.3. The van der Waals surface area contributed by atoms with Crippen molar-refractivity contribution in [3.8, 4) is 22.4 Å². The molecule has 3 rings (SSSR count). The minimum absolute atomic E-state index is 0.00124. The summed E-state index contributed by atoms with van der Waals surface area (Å²) in [4.78, 5) is 27.0. The normalized spacial score (nSPS) is 10.5. The summed E-state index contributed by atoms with van der Waals surface area (Å²) in [6.45, 7) is 1.97. The number of hydrogen-bond donors (Lipinski definition) is 2. The highest BCUT2D eigenvalue weighted by atomic mass is 16.4. The molecule has 0 saturated carbocycles. The van der Waals surface area contributed by atoms with E-state index in [-0.39, 0.29) is 12.3 Å². The lowest BCUT2D eigenvalue weighted by Gasteiger charge is -2.08. The average molecular weight is 374 g/mol. The maximum Gasteiger partial charge on any atom is 0.307 e. The summed E-state index contributed by atoms with van der Waals surface area (Å²) >= 11 is 0. The first-order valence-corrected chi connectivity index (χ1v) is 9.22. The molecule has 0 saturated heterocycles. The van der Waals surface area contributed by atoms with Gasteiger partial charge in [0.05, 0.1) is 12.1 Å². The van der Waals surface area contributed by atoms with Gasteiger partial charge in [-0.1, -0.05) is 55.5 Å². The van der Waals surface area contributed by atoms with Gasteiger partial charge in [-0.3, -0.25) is 14.6 Å². The number of rotatable bonds is 7. The Morgan fingerprint density at radius 3 is 2.14 bits per heavy atom. The van der Waals surface area contributed by atoms with Gasteiger partial charge in [0.25, 0.3) is 0 Å². The third-order valence-electron chi connectivity index (χ3n) is 4.34. The van der Waals surface area contributed by atoms with E-state index in [9.17, 15) is 9.59 Å². The number of nitrogens with one attached hydrogen (secondary N) is 1. The average Bonchev–Trinajstić information content (AvgIpc) is 2.69. The van der Waals surface area contributed by atoms with Crippen LogP contribution in [0.25, 0.3) is 22.4 Å². The van der Waals surface area contributed by atoms with Gasteiger partial charge in [0.2, 0.25) is 5.91 Å². The number of anilines is 1. The van der Waals surface area contributed by atoms with E-state index in [0.717, 1.165) is 40.1 Å². The second-order valence-electron chi connectivity index (χ2n) is 6.57. The molecule has 1 aromatic heterocycles. The van der Waals surface area contributed by atoms with Crippen molar-refractivity contribution in [1.29, 1.82) is 0 Å². The van der Waals surface area contributed by atoms with Gasteiger partial charge in [0.15, 0.2) is 0 Å². The van der Waals surface area contributed by atoms with Crippen LogP contribution in [0, 0.1) is 0 Å². The van der Waals surface area contributed by atoms with E-state index < -0.39 is 5.97 Å². The van der Waals surface area contributed by atoms with Crippen LogP contribution in [0.2, 0.25) is 0 Å². The Morgan fingerprint density at radius 2 is 1.54 bits per heavy atom. The molecule has 28 heavy (non-hydrogen) atoms. The lowest BCUT2D eigenvalue weighted by molar-refractivity contribution is -0.136. The number of nitrogens with zero attached hydrogens (tertiary/aromatic N) is 1. The summed E-state index contributed by atoms with van der Waals surface area (Å²) in [5.74, 6) is -0.834. The van der Waals surface area contributed by atoms with E-state index in [4.69, 9.17) is 5.11 Å². The molecule has 1 heterocycles. The number of amides is 1. The molecular formula is C23H22N2O3. The van der Waals surface area contributed by atoms with Crippen LogP contribution in [0.15, 0.2) is 66.9 Å². The minimum Gasteiger partial charge on any atom is -0.481 e. The van der Waals surface area contributed by atoms with Crippen LogP contribution in [0.1, 0.15) is 25.3 Å². The van der Waals surface area contributed by atoms with E-state index in [2.05, 4.69) is 10.3 Å². The molecule has 0 aliphatic rings. The predicted octanol–water partition coefficient (Wildman–Crippen LogP) is 4.78. The first-order chi connectivity index (χ1) is 13.5. The van der Waals surface area contributed by atoms with Crippen molar-refractivity contribution in [3.63, 3.8) is 0 Å². The number of carbonyl (C=O) groups is 2. The molecule has 0 atom stereocenters. The zero-order valence-corrected chi connectivity index (χ0v) is 15.7. The molecule has 2 aromatic carbocycles. The van der Waals surface area contributed by atoms with Crippen molar-refractivity contribution in [3.05, 3.63) is 72.4 Å². The van der Waals surface area contributed by atoms with Crippen molar-refractivity contribution in [2.45, 2.75) is 26.2 Å². The van der Waals surface area contributed by atoms with Crippen LogP contribution in [-0.4, -0.2) is 22.0 Å². The van der Waals surface area contributed by atoms with E-state index in [1.165, 1.54) is 0 Å². The number of pyridine rings is 1. The molecule has 5 heteroatoms. The fourth-order valence-corrected chi connectivity index (χ4v) is 2.94. The van der Waals surface area contributed by atoms with Gasteiger partial charge in [-0.05, 0) is 35.2 Å². The second kappa shape index (κ2) is 8.95. The summed E-state index contributed by atoms with van der Waals surface area (Å²) < 4.78 is 0. The lowest BCUT2D eigenvalue weighted by atomic mass is 10.0. The first-order valence-electron chi connectivity index (χ1n) is 9.22. The van der Waals surface area contributed by atoms with E-state index in [1.807, 2.05) is 61.5 Å². The zero-order chi connectivity index (χ0) is 19.9. The van der Waals surface area contributed by atoms with Gasteiger partial charge < -0.3 is 10.4 Å². The predicted molar refractivity (Wildman–Crippen MR) is 110 cm³/mol. The van der Waals surface area contributed by atoms with Crippen LogP contribution in [0.5, 0.6) is 0 Å². The lowest BCUT2D eigenvalue weighted by Crippen LogP contribution is -2.10. The fourth-order valence-electron chi connectivity index (χ4n) is 2.94. The molecule has 5 nitrogen and oxygen atoms in total. The van der Waals surface area contributed by atoms with E-state index in [0.29, 0.717) is 6.42 Å². The Hall–Kier alpha value is -3.47. The van der Waals surface area contributed by atoms with E-state index in [1.54, 1.807) is 12.3 Å². The largest absolute Gasteiger partial charge is 0.481 e. The number of aliphatic carboxylic acids is 1. The van der Waals surface area contributed by atoms with Gasteiger partial charge in [-0.2, -0.15) is 0 Å². The summed E-state index contributed by atoms with van der Waals surface area (Å²) in [6.07, 6.45) is 3.02. The summed E-state index contributed by atoms with van der Waals surface area (Å²) in [7, 11) is 0. The van der Waals surface area contributed by atoms with Crippen molar-refractivity contribution < 1.29 is 14.7 Å². The van der Waals surface area contributed by atoms with Gasteiger partial charge in [-0.15, -0.1) is 0 Å². The number of benzene rings is 2. The number of carboxylic acid groups (broad SMARTS) is 1. The van der Waals surface area contributed by atoms with Crippen LogP contribution < -0.4 is 5.32 Å². The second-order valence-corrected chi connectivity index (χ2v) is 6.57. The maximum atomic E-state index is 11.8. The summed E-state index contributed by atoms with van der Waals surface area (Å²) in [6, 6.07) is 19.2. The van der Waals surface area contributed by atoms with Crippen LogP contribution in [0.4, 0.5) is 5.69 Å². The van der Waals surface area contributed by atoms with Gasteiger partial charge >= 0.3 is 5.97 Å². The Bertz CT molecular complexity index is 964. The van der Waals surface area contributed by atoms with Crippen molar-refractivity contribution in [1.82, 2.24) is 4.98 Å². The van der Waals surface area contributed by atoms with Crippen LogP contribution in [-0.2, 0) is 16.0 Å². The number of carbonyl (C=O) groups excluding carboxylic acids is 1. The fraction of sp³-hybridized carbons (Fsp3) is 0.174. The van der Waals surface area contributed by atoms with Gasteiger partial charge in [0, 0.05) is 23.9 Å². The SMILES string of the molecule is CCCC(=O)Nc1ccnc(-c2ccc(-c3ccc(CC(=O)O)cc3)cc2)c1. The van der Waals surface area contributed by atoms with Gasteiger partial charge in [0.1, 0.15) is 0 Å². The number of carboxylic acids is 1. The highest BCUT2D eigenvalue weighted by Gasteiger charge is 2.06. The maximum absolute atomic E-state index is 11.8. The molecule has 0 aliphatic heterocycles. The third kappa shape index (κ3) is 5.04. The summed E-state index contributed by atoms with van der Waals surface area (Å²) in [5.41, 5.74) is 5.32. The van der Waals surface area contributed by atoms with Crippen LogP contribution in [0.3, 0.4) is 0 Å². The molecule has 2 N–H and O–H groups in total. The third-order valence-corrected chi connectivity index (χ3v) is 4.34. The Kier molecular flexibility index (Phi) is 6.17. The smallest absolute Gasteiger partial charge is 0.307 e. The molecular weight excluding hydrogens is 352 g/mol. The standard InChI is InChI=1S/C23H22N2O3/c1-2-3-22(26)25-20-12-13-24-21(15-20)19-10-8-18(9-11-19)17-6-4-16(5-7-17)14-23(27)28/h4-13,15H,2-3,14H2,1H3,(H,27,28)(H,24,25,26). The molecule has 1 amide bonds. The highest BCUT2D eigenvalue weighted by molar-refractivity contribution is 5.91. The molecule has 0 radical (unpaired) electrons. The number of aromatic nitrogens is 1. The molecule has 0 fully saturated rings. The van der Waals surface area contributed by atoms with Crippen molar-refractivity contribution in [2.75, 3.05) is 5.32 Å². The Morgan fingerprint density at radius 1 is 0.929 bits per heavy atom. The van der Waals surface area contributed by atoms with Gasteiger partial charge in [-0.25, -0.2) is 0 Å². The zero-order valence-electron chi connectivity index (χ0n) is 15.7. The van der Waals surface area contributed by atoms with E-state index >= 15 is 0 Å². The Balaban J connectivity index is 1.75. The van der Waals surface area contributed by atoms with Crippen molar-refractivity contribution >= 4 is 17.6 Å². The quantitative estimate of drug-likeness (QED) is 0.624. The molecule has 142 valence electrons. The monoisotopic (exact) mass is 374 g/mol.